The highest BCUT2D eigenvalue weighted by Gasteiger charge is 2.18. The summed E-state index contributed by atoms with van der Waals surface area (Å²) in [7, 11) is 0. The van der Waals surface area contributed by atoms with Crippen LogP contribution in [0, 0.1) is 0 Å². The zero-order chi connectivity index (χ0) is 40.4. The number of hydrogen-bond donors (Lipinski definition) is 6. The van der Waals surface area contributed by atoms with Crippen molar-refractivity contribution in [1.82, 2.24) is 25.3 Å². The highest BCUT2D eigenvalue weighted by molar-refractivity contribution is 5.82. The average molecular weight is 764 g/mol. The van der Waals surface area contributed by atoms with Gasteiger partial charge in [-0.15, -0.1) is 0 Å². The zero-order valence-corrected chi connectivity index (χ0v) is 33.5. The van der Waals surface area contributed by atoms with Crippen molar-refractivity contribution in [3.8, 4) is 0 Å². The number of unbranched alkanes of at least 4 members (excludes halogenated alkanes) is 1. The first kappa shape index (κ1) is 50.4. The number of nitrogens with zero attached hydrogens (tertiary/aromatic N) is 3. The van der Waals surface area contributed by atoms with Crippen LogP contribution >= 0.6 is 0 Å². The molecule has 0 spiro atoms. The van der Waals surface area contributed by atoms with Crippen molar-refractivity contribution in [2.24, 2.45) is 11.5 Å². The van der Waals surface area contributed by atoms with E-state index in [0.29, 0.717) is 123 Å². The lowest BCUT2D eigenvalue weighted by atomic mass is 10.2. The van der Waals surface area contributed by atoms with Crippen molar-refractivity contribution < 1.29 is 34.2 Å². The molecule has 0 aromatic carbocycles. The summed E-state index contributed by atoms with van der Waals surface area (Å²) in [6.45, 7) is 8.83. The van der Waals surface area contributed by atoms with Gasteiger partial charge in [0, 0.05) is 71.6 Å². The Labute approximate surface area is 324 Å². The Kier molecular flexibility index (Phi) is 31.7. The Bertz CT molecular complexity index is 1130. The second-order valence-electron chi connectivity index (χ2n) is 13.3. The molecule has 310 valence electrons. The van der Waals surface area contributed by atoms with Gasteiger partial charge in [-0.2, -0.15) is 0 Å². The van der Waals surface area contributed by atoms with Gasteiger partial charge in [0.25, 0.3) is 0 Å². The molecule has 0 aromatic heterocycles. The van der Waals surface area contributed by atoms with Crippen LogP contribution in [0.3, 0.4) is 0 Å². The van der Waals surface area contributed by atoms with Crippen molar-refractivity contribution in [3.63, 3.8) is 0 Å². The quantitative estimate of drug-likeness (QED) is 0.0428. The number of carbonyl (C=O) groups excluding carboxylic acids is 5. The van der Waals surface area contributed by atoms with Gasteiger partial charge in [0.05, 0.1) is 13.2 Å². The summed E-state index contributed by atoms with van der Waals surface area (Å²) in [5.74, 6) is -0.765. The van der Waals surface area contributed by atoms with E-state index in [2.05, 4.69) is 17.6 Å². The van der Waals surface area contributed by atoms with Crippen molar-refractivity contribution in [1.29, 1.82) is 0 Å². The molecule has 0 aliphatic carbocycles. The summed E-state index contributed by atoms with van der Waals surface area (Å²) in [5.41, 5.74) is 11.2. The smallest absolute Gasteiger partial charge is 0.239 e. The lowest BCUT2D eigenvalue weighted by molar-refractivity contribution is -0.133. The monoisotopic (exact) mass is 764 g/mol. The maximum atomic E-state index is 13.4. The maximum absolute atomic E-state index is 13.4. The average Bonchev–Trinajstić information content (AvgIpc) is 3.17. The van der Waals surface area contributed by atoms with E-state index in [-0.39, 0.29) is 17.7 Å². The highest BCUT2D eigenvalue weighted by Crippen LogP contribution is 2.09. The van der Waals surface area contributed by atoms with Gasteiger partial charge in [0.1, 0.15) is 12.1 Å². The SMILES string of the molecule is CC/C=C\CCC(=O)N(CCCCN(CCCN(CCCNC(=O)[C@@H](N)CO)C(=O)CC/C=C\CC)C(=O)CC/C=C\CC)CCCNC(=O)[C@@H](N)CO. The second-order valence-corrected chi connectivity index (χ2v) is 13.3. The third kappa shape index (κ3) is 25.4. The number of carbonyl (C=O) groups is 5. The molecule has 5 amide bonds. The summed E-state index contributed by atoms with van der Waals surface area (Å²) >= 11 is 0. The lowest BCUT2D eigenvalue weighted by Gasteiger charge is -2.27. The maximum Gasteiger partial charge on any atom is 0.239 e. The van der Waals surface area contributed by atoms with Gasteiger partial charge in [-0.25, -0.2) is 0 Å². The van der Waals surface area contributed by atoms with Crippen LogP contribution in [0.25, 0.3) is 0 Å². The van der Waals surface area contributed by atoms with Crippen LogP contribution in [0.2, 0.25) is 0 Å². The molecular weight excluding hydrogens is 690 g/mol. The minimum atomic E-state index is -0.984. The molecular formula is C40H73N7O7. The Morgan fingerprint density at radius 2 is 0.796 bits per heavy atom. The van der Waals surface area contributed by atoms with Gasteiger partial charge in [0.15, 0.2) is 0 Å². The van der Waals surface area contributed by atoms with E-state index in [0.717, 1.165) is 19.3 Å². The van der Waals surface area contributed by atoms with Crippen LogP contribution in [0.4, 0.5) is 0 Å². The molecule has 0 aromatic rings. The highest BCUT2D eigenvalue weighted by atomic mass is 16.3. The van der Waals surface area contributed by atoms with Crippen LogP contribution in [-0.4, -0.2) is 132 Å². The fourth-order valence-electron chi connectivity index (χ4n) is 5.48. The fraction of sp³-hybridized carbons (Fsp3) is 0.725. The largest absolute Gasteiger partial charge is 0.394 e. The summed E-state index contributed by atoms with van der Waals surface area (Å²) in [6.07, 6.45) is 21.0. The molecule has 14 nitrogen and oxygen atoms in total. The van der Waals surface area contributed by atoms with E-state index in [1.165, 1.54) is 0 Å². The van der Waals surface area contributed by atoms with Crippen LogP contribution in [0.15, 0.2) is 36.5 Å². The molecule has 0 radical (unpaired) electrons. The summed E-state index contributed by atoms with van der Waals surface area (Å²) in [6, 6.07) is -1.96. The van der Waals surface area contributed by atoms with Gasteiger partial charge in [-0.05, 0) is 70.6 Å². The van der Waals surface area contributed by atoms with Crippen molar-refractivity contribution >= 4 is 29.5 Å². The predicted octanol–water partition coefficient (Wildman–Crippen LogP) is 2.53. The van der Waals surface area contributed by atoms with Crippen LogP contribution in [0.5, 0.6) is 0 Å². The topological polar surface area (TPSA) is 212 Å². The number of nitrogens with one attached hydrogen (secondary N) is 2. The molecule has 0 rings (SSSR count). The molecule has 0 saturated carbocycles. The first-order valence-electron chi connectivity index (χ1n) is 20.1. The molecule has 0 heterocycles. The van der Waals surface area contributed by atoms with E-state index in [9.17, 15) is 24.0 Å². The van der Waals surface area contributed by atoms with Gasteiger partial charge in [0.2, 0.25) is 29.5 Å². The molecule has 0 bridgehead atoms. The van der Waals surface area contributed by atoms with Crippen molar-refractivity contribution in [2.45, 2.75) is 123 Å². The third-order valence-corrected chi connectivity index (χ3v) is 8.68. The molecule has 0 saturated heterocycles. The summed E-state index contributed by atoms with van der Waals surface area (Å²) in [4.78, 5) is 69.1. The number of hydrogen-bond acceptors (Lipinski definition) is 9. The number of allylic oxidation sites excluding steroid dienone is 6. The fourth-order valence-corrected chi connectivity index (χ4v) is 5.48. The van der Waals surface area contributed by atoms with Crippen molar-refractivity contribution in [3.05, 3.63) is 36.5 Å². The number of rotatable bonds is 33. The molecule has 14 heteroatoms. The molecule has 2 atom stereocenters. The van der Waals surface area contributed by atoms with E-state index in [4.69, 9.17) is 21.7 Å². The third-order valence-electron chi connectivity index (χ3n) is 8.68. The standard InChI is InChI=1S/C40H73N7O7/c1-4-7-10-13-21-36(50)45(28-18-24-43-39(53)34(41)32-48)26-16-17-27-46(37(51)22-14-11-8-5-2)30-20-31-47(38(52)23-15-12-9-6-3)29-19-25-44-40(54)35(42)33-49/h7-12,34-35,48-49H,4-6,13-33,41-42H2,1-3H3,(H,43,53)(H,44,54)/b10-7-,11-8-,12-9-/t34-,35-/m0/s1. The van der Waals surface area contributed by atoms with E-state index < -0.39 is 37.1 Å². The Balaban J connectivity index is 5.48. The van der Waals surface area contributed by atoms with Crippen LogP contribution in [0.1, 0.15) is 111 Å². The van der Waals surface area contributed by atoms with E-state index in [1.807, 2.05) is 60.1 Å². The normalized spacial score (nSPS) is 12.6. The predicted molar refractivity (Wildman–Crippen MR) is 215 cm³/mol. The molecule has 54 heavy (non-hydrogen) atoms. The zero-order valence-electron chi connectivity index (χ0n) is 33.5. The number of aliphatic hydroxyl groups excluding tert-OH is 2. The van der Waals surface area contributed by atoms with Gasteiger partial charge in [-0.3, -0.25) is 24.0 Å². The van der Waals surface area contributed by atoms with Gasteiger partial charge in [-0.1, -0.05) is 57.2 Å². The first-order valence-corrected chi connectivity index (χ1v) is 20.1. The number of amides is 5. The molecule has 0 aliphatic rings. The second kappa shape index (κ2) is 33.9. The Hall–Kier alpha value is -3.59. The first-order chi connectivity index (χ1) is 26.1. The van der Waals surface area contributed by atoms with Gasteiger partial charge < -0.3 is 47.0 Å². The van der Waals surface area contributed by atoms with Gasteiger partial charge >= 0.3 is 0 Å². The van der Waals surface area contributed by atoms with E-state index >= 15 is 0 Å². The molecule has 0 fully saturated rings. The molecule has 0 unspecified atom stereocenters. The number of aliphatic hydroxyl groups is 2. The minimum absolute atomic E-state index is 0.0162. The summed E-state index contributed by atoms with van der Waals surface area (Å²) in [5, 5.41) is 23.6. The van der Waals surface area contributed by atoms with Crippen LogP contribution in [-0.2, 0) is 24.0 Å². The summed E-state index contributed by atoms with van der Waals surface area (Å²) < 4.78 is 0. The molecule has 8 N–H and O–H groups in total. The minimum Gasteiger partial charge on any atom is -0.394 e. The van der Waals surface area contributed by atoms with Crippen LogP contribution < -0.4 is 22.1 Å². The molecule has 0 aliphatic heterocycles. The Morgan fingerprint density at radius 3 is 1.09 bits per heavy atom. The number of nitrogens with two attached hydrogens (primary N) is 2. The van der Waals surface area contributed by atoms with E-state index in [1.54, 1.807) is 4.90 Å². The lowest BCUT2D eigenvalue weighted by Crippen LogP contribution is -2.44. The Morgan fingerprint density at radius 1 is 0.500 bits per heavy atom. The van der Waals surface area contributed by atoms with Crippen molar-refractivity contribution in [2.75, 3.05) is 65.6 Å².